The van der Waals surface area contributed by atoms with Gasteiger partial charge in [-0.15, -0.1) is 0 Å². The summed E-state index contributed by atoms with van der Waals surface area (Å²) in [5.74, 6) is -0.609. The van der Waals surface area contributed by atoms with Crippen LogP contribution in [0.25, 0.3) is 6.08 Å². The van der Waals surface area contributed by atoms with Crippen molar-refractivity contribution in [2.45, 2.75) is 25.3 Å². The number of hydrogen-bond donors (Lipinski definition) is 1. The molecule has 2 bridgehead atoms. The third kappa shape index (κ3) is 2.35. The lowest BCUT2D eigenvalue weighted by molar-refractivity contribution is -0.131. The smallest absolute Gasteiger partial charge is 0.328 e. The average Bonchev–Trinajstić information content (AvgIpc) is 2.98. The van der Waals surface area contributed by atoms with Gasteiger partial charge in [0.1, 0.15) is 5.82 Å². The summed E-state index contributed by atoms with van der Waals surface area (Å²) in [5.41, 5.74) is 1.60. The molecule has 2 atom stereocenters. The van der Waals surface area contributed by atoms with Crippen LogP contribution < -0.4 is 4.90 Å². The Morgan fingerprint density at radius 1 is 1.42 bits per heavy atom. The van der Waals surface area contributed by atoms with E-state index in [-0.39, 0.29) is 5.82 Å². The minimum atomic E-state index is -1.02. The van der Waals surface area contributed by atoms with Crippen LogP contribution in [0.5, 0.6) is 0 Å². The first kappa shape index (κ1) is 12.2. The molecule has 0 aromatic heterocycles. The number of carboxylic acid groups (broad SMARTS) is 1. The first-order valence-electron chi connectivity index (χ1n) is 6.60. The Morgan fingerprint density at radius 2 is 2.26 bits per heavy atom. The second-order valence-electron chi connectivity index (χ2n) is 5.36. The number of anilines is 1. The van der Waals surface area contributed by atoms with Gasteiger partial charge in [-0.3, -0.25) is 0 Å². The van der Waals surface area contributed by atoms with Crippen LogP contribution in [0.15, 0.2) is 24.3 Å². The molecule has 3 rings (SSSR count). The van der Waals surface area contributed by atoms with Gasteiger partial charge in [0.2, 0.25) is 0 Å². The molecule has 0 spiro atoms. The molecule has 2 aliphatic rings. The van der Waals surface area contributed by atoms with E-state index in [0.717, 1.165) is 24.2 Å². The van der Waals surface area contributed by atoms with Crippen LogP contribution in [0.4, 0.5) is 10.1 Å². The Kier molecular flexibility index (Phi) is 3.01. The fraction of sp³-hybridized carbons (Fsp3) is 0.400. The second-order valence-corrected chi connectivity index (χ2v) is 5.36. The van der Waals surface area contributed by atoms with E-state index in [0.29, 0.717) is 11.6 Å². The fourth-order valence-corrected chi connectivity index (χ4v) is 3.30. The summed E-state index contributed by atoms with van der Waals surface area (Å²) < 4.78 is 13.3. The SMILES string of the molecule is O=C(O)C=Cc1cc(F)ccc1N1CC2CCC1C2. The van der Waals surface area contributed by atoms with Crippen LogP contribution >= 0.6 is 0 Å². The molecule has 100 valence electrons. The maximum absolute atomic E-state index is 13.3. The lowest BCUT2D eigenvalue weighted by atomic mass is 10.1. The van der Waals surface area contributed by atoms with Crippen LogP contribution in [-0.2, 0) is 4.79 Å². The molecule has 2 fully saturated rings. The van der Waals surface area contributed by atoms with E-state index in [1.807, 2.05) is 0 Å². The summed E-state index contributed by atoms with van der Waals surface area (Å²) in [4.78, 5) is 12.9. The van der Waals surface area contributed by atoms with Crippen LogP contribution in [0.2, 0.25) is 0 Å². The fourth-order valence-electron chi connectivity index (χ4n) is 3.30. The topological polar surface area (TPSA) is 40.5 Å². The predicted molar refractivity (Wildman–Crippen MR) is 71.5 cm³/mol. The molecule has 1 saturated carbocycles. The molecule has 1 aromatic carbocycles. The van der Waals surface area contributed by atoms with E-state index in [1.54, 1.807) is 6.07 Å². The van der Waals surface area contributed by atoms with Crippen molar-refractivity contribution in [3.8, 4) is 0 Å². The molecule has 1 heterocycles. The van der Waals surface area contributed by atoms with Gasteiger partial charge >= 0.3 is 5.97 Å². The quantitative estimate of drug-likeness (QED) is 0.850. The molecule has 1 aromatic rings. The molecular formula is C15H16FNO2. The lowest BCUT2D eigenvalue weighted by Gasteiger charge is -2.30. The number of carboxylic acids is 1. The number of fused-ring (bicyclic) bond motifs is 2. The van der Waals surface area contributed by atoms with Gasteiger partial charge in [0.05, 0.1) is 0 Å². The number of aliphatic carboxylic acids is 1. The normalized spacial score (nSPS) is 25.4. The molecule has 4 heteroatoms. The van der Waals surface area contributed by atoms with Crippen molar-refractivity contribution in [1.29, 1.82) is 0 Å². The standard InChI is InChI=1S/C15H16FNO2/c16-12-3-5-14(11(8-12)2-6-15(18)19)17-9-10-1-4-13(17)7-10/h2-3,5-6,8,10,13H,1,4,7,9H2,(H,18,19). The van der Waals surface area contributed by atoms with Crippen LogP contribution in [0, 0.1) is 11.7 Å². The number of halogens is 1. The van der Waals surface area contributed by atoms with E-state index >= 15 is 0 Å². The first-order valence-corrected chi connectivity index (χ1v) is 6.60. The number of rotatable bonds is 3. The molecule has 3 nitrogen and oxygen atoms in total. The monoisotopic (exact) mass is 261 g/mol. The Labute approximate surface area is 111 Å². The Bertz CT molecular complexity index is 541. The zero-order valence-corrected chi connectivity index (χ0v) is 10.6. The van der Waals surface area contributed by atoms with Crippen molar-refractivity contribution in [2.75, 3.05) is 11.4 Å². The van der Waals surface area contributed by atoms with Gasteiger partial charge in [0.25, 0.3) is 0 Å². The minimum Gasteiger partial charge on any atom is -0.478 e. The van der Waals surface area contributed by atoms with Crippen molar-refractivity contribution >= 4 is 17.7 Å². The molecule has 19 heavy (non-hydrogen) atoms. The summed E-state index contributed by atoms with van der Waals surface area (Å²) in [7, 11) is 0. The van der Waals surface area contributed by atoms with E-state index < -0.39 is 5.97 Å². The van der Waals surface area contributed by atoms with Gasteiger partial charge in [-0.2, -0.15) is 0 Å². The van der Waals surface area contributed by atoms with Gasteiger partial charge in [-0.05, 0) is 49.5 Å². The summed E-state index contributed by atoms with van der Waals surface area (Å²) in [5, 5.41) is 8.71. The van der Waals surface area contributed by atoms with Crippen LogP contribution in [0.3, 0.4) is 0 Å². The van der Waals surface area contributed by atoms with Crippen molar-refractivity contribution in [3.63, 3.8) is 0 Å². The molecule has 0 amide bonds. The number of carbonyl (C=O) groups is 1. The van der Waals surface area contributed by atoms with E-state index in [2.05, 4.69) is 4.90 Å². The number of benzene rings is 1. The first-order chi connectivity index (χ1) is 9.13. The Morgan fingerprint density at radius 3 is 2.89 bits per heavy atom. The second kappa shape index (κ2) is 4.68. The summed E-state index contributed by atoms with van der Waals surface area (Å²) in [6.07, 6.45) is 6.21. The number of hydrogen-bond acceptors (Lipinski definition) is 2. The average molecular weight is 261 g/mol. The molecule has 1 aliphatic heterocycles. The van der Waals surface area contributed by atoms with Crippen molar-refractivity contribution < 1.29 is 14.3 Å². The van der Waals surface area contributed by atoms with E-state index in [9.17, 15) is 9.18 Å². The maximum Gasteiger partial charge on any atom is 0.328 e. The molecular weight excluding hydrogens is 245 g/mol. The van der Waals surface area contributed by atoms with Crippen molar-refractivity contribution in [3.05, 3.63) is 35.7 Å². The predicted octanol–water partition coefficient (Wildman–Crippen LogP) is 2.91. The summed E-state index contributed by atoms with van der Waals surface area (Å²) in [6, 6.07) is 5.14. The zero-order valence-electron chi connectivity index (χ0n) is 10.6. The van der Waals surface area contributed by atoms with Gasteiger partial charge < -0.3 is 10.0 Å². The van der Waals surface area contributed by atoms with Crippen LogP contribution in [-0.4, -0.2) is 23.7 Å². The highest BCUT2D eigenvalue weighted by Gasteiger charge is 2.38. The molecule has 1 saturated heterocycles. The molecule has 2 unspecified atom stereocenters. The lowest BCUT2D eigenvalue weighted by Crippen LogP contribution is -2.32. The van der Waals surface area contributed by atoms with Gasteiger partial charge in [0, 0.05) is 29.9 Å². The van der Waals surface area contributed by atoms with Crippen molar-refractivity contribution in [2.24, 2.45) is 5.92 Å². The minimum absolute atomic E-state index is 0.335. The van der Waals surface area contributed by atoms with Crippen molar-refractivity contribution in [1.82, 2.24) is 0 Å². The summed E-state index contributed by atoms with van der Waals surface area (Å²) >= 11 is 0. The highest BCUT2D eigenvalue weighted by Crippen LogP contribution is 2.41. The number of nitrogens with zero attached hydrogens (tertiary/aromatic N) is 1. The Balaban J connectivity index is 1.94. The Hall–Kier alpha value is -1.84. The highest BCUT2D eigenvalue weighted by atomic mass is 19.1. The molecule has 1 aliphatic carbocycles. The zero-order chi connectivity index (χ0) is 13.4. The maximum atomic E-state index is 13.3. The van der Waals surface area contributed by atoms with Crippen LogP contribution in [0.1, 0.15) is 24.8 Å². The van der Waals surface area contributed by atoms with Gasteiger partial charge in [0.15, 0.2) is 0 Å². The third-order valence-electron chi connectivity index (χ3n) is 4.11. The number of piperidine rings is 1. The highest BCUT2D eigenvalue weighted by molar-refractivity contribution is 5.87. The van der Waals surface area contributed by atoms with Gasteiger partial charge in [-0.25, -0.2) is 9.18 Å². The largest absolute Gasteiger partial charge is 0.478 e. The van der Waals surface area contributed by atoms with E-state index in [1.165, 1.54) is 37.5 Å². The van der Waals surface area contributed by atoms with Gasteiger partial charge in [-0.1, -0.05) is 0 Å². The van der Waals surface area contributed by atoms with E-state index in [4.69, 9.17) is 5.11 Å². The summed E-state index contributed by atoms with van der Waals surface area (Å²) in [6.45, 7) is 1.00. The molecule has 1 N–H and O–H groups in total. The third-order valence-corrected chi connectivity index (χ3v) is 4.11. The molecule has 0 radical (unpaired) electrons.